The summed E-state index contributed by atoms with van der Waals surface area (Å²) in [7, 11) is 0. The molecule has 1 atom stereocenters. The predicted octanol–water partition coefficient (Wildman–Crippen LogP) is 0.588. The Morgan fingerprint density at radius 3 is 3.11 bits per heavy atom. The number of carbonyl (C=O) groups is 2. The quantitative estimate of drug-likeness (QED) is 0.777. The molecule has 98 valence electrons. The van der Waals surface area contributed by atoms with Gasteiger partial charge >= 0.3 is 0 Å². The van der Waals surface area contributed by atoms with Crippen molar-refractivity contribution in [3.63, 3.8) is 0 Å². The molecule has 0 radical (unpaired) electrons. The normalized spacial score (nSPS) is 16.6. The van der Waals surface area contributed by atoms with Gasteiger partial charge in [-0.3, -0.25) is 9.59 Å². The summed E-state index contributed by atoms with van der Waals surface area (Å²) < 4.78 is 5.41. The molecule has 1 aliphatic rings. The van der Waals surface area contributed by atoms with Gasteiger partial charge in [0.1, 0.15) is 12.3 Å². The Bertz CT molecular complexity index is 563. The zero-order valence-corrected chi connectivity index (χ0v) is 10.4. The van der Waals surface area contributed by atoms with E-state index < -0.39 is 6.10 Å². The second-order valence-electron chi connectivity index (χ2n) is 4.19. The Morgan fingerprint density at radius 2 is 2.37 bits per heavy atom. The molecule has 0 saturated carbocycles. The van der Waals surface area contributed by atoms with Crippen molar-refractivity contribution in [3.8, 4) is 11.8 Å². The van der Waals surface area contributed by atoms with Crippen molar-refractivity contribution in [3.05, 3.63) is 23.8 Å². The fraction of sp³-hybridized carbons (Fsp3) is 0.308. The predicted molar refractivity (Wildman–Crippen MR) is 67.5 cm³/mol. The monoisotopic (exact) mass is 259 g/mol. The van der Waals surface area contributed by atoms with Gasteiger partial charge in [0.15, 0.2) is 6.10 Å². The zero-order chi connectivity index (χ0) is 13.8. The summed E-state index contributed by atoms with van der Waals surface area (Å²) in [5.74, 6) is 0.143. The summed E-state index contributed by atoms with van der Waals surface area (Å²) in [5.41, 5.74) is 1.31. The summed E-state index contributed by atoms with van der Waals surface area (Å²) in [5, 5.41) is 13.5. The van der Waals surface area contributed by atoms with Crippen LogP contribution >= 0.6 is 0 Å². The van der Waals surface area contributed by atoms with Gasteiger partial charge < -0.3 is 15.4 Å². The van der Waals surface area contributed by atoms with E-state index in [9.17, 15) is 9.59 Å². The van der Waals surface area contributed by atoms with Crippen molar-refractivity contribution in [1.82, 2.24) is 5.32 Å². The maximum Gasteiger partial charge on any atom is 0.265 e. The molecule has 1 aromatic carbocycles. The van der Waals surface area contributed by atoms with Crippen molar-refractivity contribution < 1.29 is 14.3 Å². The van der Waals surface area contributed by atoms with E-state index in [4.69, 9.17) is 10.00 Å². The summed E-state index contributed by atoms with van der Waals surface area (Å²) in [6.45, 7) is 1.66. The van der Waals surface area contributed by atoms with Crippen LogP contribution in [-0.2, 0) is 16.0 Å². The standard InChI is InChI=1S/C13H13N3O3/c1-8-13(18)16-10-6-9(2-3-11(10)19-8)7-12(17)15-5-4-14/h2-3,6,8H,5,7H2,1H3,(H,15,17)(H,16,18). The van der Waals surface area contributed by atoms with Gasteiger partial charge in [-0.1, -0.05) is 6.07 Å². The van der Waals surface area contributed by atoms with Crippen LogP contribution in [0.4, 0.5) is 5.69 Å². The van der Waals surface area contributed by atoms with Gasteiger partial charge in [-0.05, 0) is 24.6 Å². The van der Waals surface area contributed by atoms with Crippen LogP contribution in [0.3, 0.4) is 0 Å². The molecule has 0 aromatic heterocycles. The van der Waals surface area contributed by atoms with E-state index in [2.05, 4.69) is 10.6 Å². The van der Waals surface area contributed by atoms with Gasteiger partial charge in [-0.25, -0.2) is 0 Å². The third kappa shape index (κ3) is 3.01. The Hall–Kier alpha value is -2.55. The van der Waals surface area contributed by atoms with Crippen molar-refractivity contribution in [2.45, 2.75) is 19.4 Å². The molecule has 1 unspecified atom stereocenters. The van der Waals surface area contributed by atoms with Crippen LogP contribution in [0.5, 0.6) is 5.75 Å². The van der Waals surface area contributed by atoms with Gasteiger partial charge in [-0.15, -0.1) is 0 Å². The Balaban J connectivity index is 2.09. The highest BCUT2D eigenvalue weighted by Crippen LogP contribution is 2.30. The first-order valence-corrected chi connectivity index (χ1v) is 5.84. The largest absolute Gasteiger partial charge is 0.479 e. The molecule has 0 aliphatic carbocycles. The Labute approximate surface area is 110 Å². The average molecular weight is 259 g/mol. The lowest BCUT2D eigenvalue weighted by Gasteiger charge is -2.23. The summed E-state index contributed by atoms with van der Waals surface area (Å²) in [6, 6.07) is 7.01. The number of rotatable bonds is 3. The fourth-order valence-electron chi connectivity index (χ4n) is 1.75. The van der Waals surface area contributed by atoms with Crippen LogP contribution in [-0.4, -0.2) is 24.5 Å². The lowest BCUT2D eigenvalue weighted by Crippen LogP contribution is -2.34. The summed E-state index contributed by atoms with van der Waals surface area (Å²) in [4.78, 5) is 23.0. The lowest BCUT2D eigenvalue weighted by molar-refractivity contribution is -0.122. The van der Waals surface area contributed by atoms with Crippen molar-refractivity contribution in [2.24, 2.45) is 0 Å². The van der Waals surface area contributed by atoms with Gasteiger partial charge in [-0.2, -0.15) is 5.26 Å². The number of amides is 2. The van der Waals surface area contributed by atoms with E-state index in [1.54, 1.807) is 25.1 Å². The molecule has 1 heterocycles. The third-order valence-electron chi connectivity index (χ3n) is 2.70. The first-order chi connectivity index (χ1) is 9.10. The number of carbonyl (C=O) groups excluding carboxylic acids is 2. The highest BCUT2D eigenvalue weighted by molar-refractivity contribution is 5.97. The Kier molecular flexibility index (Phi) is 3.66. The molecule has 19 heavy (non-hydrogen) atoms. The van der Waals surface area contributed by atoms with Crippen molar-refractivity contribution in [1.29, 1.82) is 5.26 Å². The minimum Gasteiger partial charge on any atom is -0.479 e. The van der Waals surface area contributed by atoms with Crippen LogP contribution in [0.15, 0.2) is 18.2 Å². The van der Waals surface area contributed by atoms with E-state index >= 15 is 0 Å². The molecule has 0 fully saturated rings. The SMILES string of the molecule is CC1Oc2ccc(CC(=O)NCC#N)cc2NC1=O. The first kappa shape index (κ1) is 12.9. The molecular formula is C13H13N3O3. The average Bonchev–Trinajstić information content (AvgIpc) is 2.38. The minimum atomic E-state index is -0.516. The van der Waals surface area contributed by atoms with Crippen LogP contribution in [0.25, 0.3) is 0 Å². The molecular weight excluding hydrogens is 246 g/mol. The number of hydrogen-bond acceptors (Lipinski definition) is 4. The number of nitrogens with one attached hydrogen (secondary N) is 2. The van der Waals surface area contributed by atoms with Crippen LogP contribution in [0.1, 0.15) is 12.5 Å². The molecule has 0 spiro atoms. The molecule has 6 nitrogen and oxygen atoms in total. The van der Waals surface area contributed by atoms with E-state index in [0.29, 0.717) is 11.4 Å². The van der Waals surface area contributed by atoms with Gasteiger partial charge in [0.2, 0.25) is 5.91 Å². The molecule has 2 N–H and O–H groups in total. The number of hydrogen-bond donors (Lipinski definition) is 2. The smallest absolute Gasteiger partial charge is 0.265 e. The van der Waals surface area contributed by atoms with Crippen LogP contribution in [0, 0.1) is 11.3 Å². The van der Waals surface area contributed by atoms with Gasteiger partial charge in [0.25, 0.3) is 5.91 Å². The number of ether oxygens (including phenoxy) is 1. The number of nitrogens with zero attached hydrogens (tertiary/aromatic N) is 1. The number of fused-ring (bicyclic) bond motifs is 1. The number of benzene rings is 1. The van der Waals surface area contributed by atoms with E-state index in [1.165, 1.54) is 0 Å². The van der Waals surface area contributed by atoms with Gasteiger partial charge in [0.05, 0.1) is 18.2 Å². The molecule has 0 bridgehead atoms. The highest BCUT2D eigenvalue weighted by atomic mass is 16.5. The number of nitriles is 1. The second-order valence-corrected chi connectivity index (χ2v) is 4.19. The van der Waals surface area contributed by atoms with E-state index in [1.807, 2.05) is 6.07 Å². The van der Waals surface area contributed by atoms with Gasteiger partial charge in [0, 0.05) is 0 Å². The molecule has 1 aliphatic heterocycles. The topological polar surface area (TPSA) is 91.2 Å². The molecule has 6 heteroatoms. The van der Waals surface area contributed by atoms with Crippen LogP contribution in [0.2, 0.25) is 0 Å². The highest BCUT2D eigenvalue weighted by Gasteiger charge is 2.23. The summed E-state index contributed by atoms with van der Waals surface area (Å²) in [6.07, 6.45) is -0.363. The molecule has 2 rings (SSSR count). The third-order valence-corrected chi connectivity index (χ3v) is 2.70. The maximum absolute atomic E-state index is 11.5. The minimum absolute atomic E-state index is 0.0128. The van der Waals surface area contributed by atoms with E-state index in [-0.39, 0.29) is 24.8 Å². The lowest BCUT2D eigenvalue weighted by atomic mass is 10.1. The molecule has 0 saturated heterocycles. The molecule has 1 aromatic rings. The van der Waals surface area contributed by atoms with Crippen LogP contribution < -0.4 is 15.4 Å². The number of anilines is 1. The second kappa shape index (κ2) is 5.40. The zero-order valence-electron chi connectivity index (χ0n) is 10.4. The Morgan fingerprint density at radius 1 is 1.58 bits per heavy atom. The first-order valence-electron chi connectivity index (χ1n) is 5.84. The summed E-state index contributed by atoms with van der Waals surface area (Å²) >= 11 is 0. The van der Waals surface area contributed by atoms with Crippen molar-refractivity contribution in [2.75, 3.05) is 11.9 Å². The maximum atomic E-state index is 11.5. The fourth-order valence-corrected chi connectivity index (χ4v) is 1.75. The van der Waals surface area contributed by atoms with Crippen molar-refractivity contribution >= 4 is 17.5 Å². The molecule has 2 amide bonds. The van der Waals surface area contributed by atoms with E-state index in [0.717, 1.165) is 5.56 Å².